The van der Waals surface area contributed by atoms with Crippen molar-refractivity contribution in [3.63, 3.8) is 0 Å². The Balaban J connectivity index is 1.62. The highest BCUT2D eigenvalue weighted by atomic mass is 32.1. The molecule has 0 aliphatic heterocycles. The molecule has 0 saturated heterocycles. The van der Waals surface area contributed by atoms with Crippen molar-refractivity contribution in [2.75, 3.05) is 13.1 Å². The quantitative estimate of drug-likeness (QED) is 0.661. The molecule has 0 aromatic carbocycles. The van der Waals surface area contributed by atoms with Gasteiger partial charge in [-0.05, 0) is 36.6 Å². The van der Waals surface area contributed by atoms with Crippen molar-refractivity contribution < 1.29 is 14.7 Å². The van der Waals surface area contributed by atoms with Crippen LogP contribution in [0.4, 0.5) is 0 Å². The summed E-state index contributed by atoms with van der Waals surface area (Å²) < 4.78 is 0. The molecule has 1 amide bonds. The fraction of sp³-hybridized carbons (Fsp3) is 0.538. The zero-order valence-electron chi connectivity index (χ0n) is 10.6. The summed E-state index contributed by atoms with van der Waals surface area (Å²) in [4.78, 5) is 23.8. The van der Waals surface area contributed by atoms with Gasteiger partial charge in [-0.15, -0.1) is 11.3 Å². The van der Waals surface area contributed by atoms with Gasteiger partial charge in [0.1, 0.15) is 6.04 Å². The predicted octanol–water partition coefficient (Wildman–Crippen LogP) is 0.860. The Bertz CT molecular complexity index is 429. The highest BCUT2D eigenvalue weighted by molar-refractivity contribution is 7.09. The van der Waals surface area contributed by atoms with E-state index in [-0.39, 0.29) is 18.4 Å². The van der Waals surface area contributed by atoms with Gasteiger partial charge in [0.15, 0.2) is 0 Å². The number of hydrogen-bond acceptors (Lipinski definition) is 4. The fourth-order valence-electron chi connectivity index (χ4n) is 1.93. The van der Waals surface area contributed by atoms with E-state index in [0.717, 1.165) is 19.3 Å². The molecule has 1 atom stereocenters. The van der Waals surface area contributed by atoms with Gasteiger partial charge < -0.3 is 10.4 Å². The number of nitrogens with one attached hydrogen (secondary N) is 2. The minimum Gasteiger partial charge on any atom is -0.480 e. The number of aliphatic carboxylic acids is 1. The highest BCUT2D eigenvalue weighted by Gasteiger charge is 2.36. The Morgan fingerprint density at radius 2 is 2.26 bits per heavy atom. The smallest absolute Gasteiger partial charge is 0.320 e. The number of carboxylic acids is 1. The lowest BCUT2D eigenvalue weighted by Crippen LogP contribution is -2.44. The SMILES string of the molecule is O=C(CNC(C(=O)O)C1CC1)NCCc1cccs1. The fourth-order valence-corrected chi connectivity index (χ4v) is 2.64. The van der Waals surface area contributed by atoms with Crippen molar-refractivity contribution in [2.24, 2.45) is 5.92 Å². The number of hydrogen-bond donors (Lipinski definition) is 3. The lowest BCUT2D eigenvalue weighted by molar-refractivity contribution is -0.140. The molecule has 1 fully saturated rings. The van der Waals surface area contributed by atoms with Crippen LogP contribution in [0.2, 0.25) is 0 Å². The van der Waals surface area contributed by atoms with Gasteiger partial charge in [-0.2, -0.15) is 0 Å². The Morgan fingerprint density at radius 3 is 2.84 bits per heavy atom. The average molecular weight is 282 g/mol. The van der Waals surface area contributed by atoms with Crippen LogP contribution in [0, 0.1) is 5.92 Å². The average Bonchev–Trinajstić information content (AvgIpc) is 3.05. The van der Waals surface area contributed by atoms with E-state index in [1.54, 1.807) is 11.3 Å². The van der Waals surface area contributed by atoms with Crippen LogP contribution in [0.3, 0.4) is 0 Å². The standard InChI is InChI=1S/C13H18N2O3S/c16-11(14-6-5-10-2-1-7-19-10)8-15-12(13(17)18)9-3-4-9/h1-2,7,9,12,15H,3-6,8H2,(H,14,16)(H,17,18). The van der Waals surface area contributed by atoms with Gasteiger partial charge >= 0.3 is 5.97 Å². The Kier molecular flexibility index (Phi) is 4.93. The van der Waals surface area contributed by atoms with Gasteiger partial charge in [-0.25, -0.2) is 0 Å². The molecule has 1 aliphatic rings. The van der Waals surface area contributed by atoms with Crippen molar-refractivity contribution in [3.8, 4) is 0 Å². The second-order valence-electron chi connectivity index (χ2n) is 4.71. The maximum atomic E-state index is 11.6. The van der Waals surface area contributed by atoms with Crippen molar-refractivity contribution in [1.29, 1.82) is 0 Å². The lowest BCUT2D eigenvalue weighted by atomic mass is 10.2. The van der Waals surface area contributed by atoms with Crippen LogP contribution in [0.15, 0.2) is 17.5 Å². The third-order valence-corrected chi connectivity index (χ3v) is 4.05. The van der Waals surface area contributed by atoms with Crippen LogP contribution in [-0.4, -0.2) is 36.1 Å². The van der Waals surface area contributed by atoms with Gasteiger partial charge in [0, 0.05) is 11.4 Å². The largest absolute Gasteiger partial charge is 0.480 e. The van der Waals surface area contributed by atoms with Crippen molar-refractivity contribution in [1.82, 2.24) is 10.6 Å². The second kappa shape index (κ2) is 6.68. The molecule has 3 N–H and O–H groups in total. The Labute approximate surface area is 116 Å². The molecule has 6 heteroatoms. The summed E-state index contributed by atoms with van der Waals surface area (Å²) in [6.45, 7) is 0.653. The normalized spacial score (nSPS) is 16.0. The van der Waals surface area contributed by atoms with Gasteiger partial charge in [0.05, 0.1) is 6.54 Å². The number of carbonyl (C=O) groups excluding carboxylic acids is 1. The molecule has 1 aliphatic carbocycles. The first-order chi connectivity index (χ1) is 9.16. The molecular formula is C13H18N2O3S. The number of carboxylic acid groups (broad SMARTS) is 1. The predicted molar refractivity (Wildman–Crippen MR) is 73.2 cm³/mol. The van der Waals surface area contributed by atoms with E-state index in [4.69, 9.17) is 5.11 Å². The molecule has 0 bridgehead atoms. The minimum atomic E-state index is -0.867. The van der Waals surface area contributed by atoms with Gasteiger partial charge in [-0.1, -0.05) is 6.07 Å². The third kappa shape index (κ3) is 4.65. The van der Waals surface area contributed by atoms with Crippen LogP contribution < -0.4 is 10.6 Å². The number of thiophene rings is 1. The summed E-state index contributed by atoms with van der Waals surface area (Å²) in [6, 6.07) is 3.43. The molecule has 1 aromatic rings. The first-order valence-corrected chi connectivity index (χ1v) is 7.30. The molecule has 2 rings (SSSR count). The lowest BCUT2D eigenvalue weighted by Gasteiger charge is -2.13. The molecule has 1 unspecified atom stereocenters. The number of carbonyl (C=O) groups is 2. The third-order valence-electron chi connectivity index (χ3n) is 3.12. The monoisotopic (exact) mass is 282 g/mol. The Hall–Kier alpha value is -1.40. The Morgan fingerprint density at radius 1 is 1.47 bits per heavy atom. The van der Waals surface area contributed by atoms with Gasteiger partial charge in [0.25, 0.3) is 0 Å². The number of rotatable bonds is 8. The first-order valence-electron chi connectivity index (χ1n) is 6.42. The topological polar surface area (TPSA) is 78.4 Å². The summed E-state index contributed by atoms with van der Waals surface area (Å²) in [5, 5.41) is 16.6. The molecule has 19 heavy (non-hydrogen) atoms. The number of amides is 1. The van der Waals surface area contributed by atoms with E-state index in [1.165, 1.54) is 4.88 Å². The minimum absolute atomic E-state index is 0.0674. The second-order valence-corrected chi connectivity index (χ2v) is 5.75. The molecular weight excluding hydrogens is 264 g/mol. The van der Waals surface area contributed by atoms with E-state index in [0.29, 0.717) is 6.54 Å². The zero-order chi connectivity index (χ0) is 13.7. The van der Waals surface area contributed by atoms with Gasteiger partial charge in [-0.3, -0.25) is 14.9 Å². The first kappa shape index (κ1) is 14.0. The summed E-state index contributed by atoms with van der Waals surface area (Å²) >= 11 is 1.66. The molecule has 1 saturated carbocycles. The highest BCUT2D eigenvalue weighted by Crippen LogP contribution is 2.32. The van der Waals surface area contributed by atoms with Crippen LogP contribution in [0.25, 0.3) is 0 Å². The van der Waals surface area contributed by atoms with E-state index in [1.807, 2.05) is 17.5 Å². The van der Waals surface area contributed by atoms with Crippen LogP contribution in [0.5, 0.6) is 0 Å². The molecule has 0 radical (unpaired) electrons. The maximum Gasteiger partial charge on any atom is 0.320 e. The van der Waals surface area contributed by atoms with Crippen LogP contribution in [-0.2, 0) is 16.0 Å². The molecule has 5 nitrogen and oxygen atoms in total. The van der Waals surface area contributed by atoms with Crippen molar-refractivity contribution in [3.05, 3.63) is 22.4 Å². The molecule has 104 valence electrons. The van der Waals surface area contributed by atoms with E-state index in [9.17, 15) is 9.59 Å². The maximum absolute atomic E-state index is 11.6. The zero-order valence-corrected chi connectivity index (χ0v) is 11.4. The van der Waals surface area contributed by atoms with E-state index < -0.39 is 12.0 Å². The summed E-state index contributed by atoms with van der Waals surface area (Å²) in [7, 11) is 0. The molecule has 1 aromatic heterocycles. The van der Waals surface area contributed by atoms with Crippen LogP contribution in [0.1, 0.15) is 17.7 Å². The van der Waals surface area contributed by atoms with Crippen LogP contribution >= 0.6 is 11.3 Å². The van der Waals surface area contributed by atoms with E-state index >= 15 is 0 Å². The molecule has 1 heterocycles. The summed E-state index contributed by atoms with van der Waals surface area (Å²) in [5.41, 5.74) is 0. The van der Waals surface area contributed by atoms with E-state index in [2.05, 4.69) is 10.6 Å². The van der Waals surface area contributed by atoms with Crippen molar-refractivity contribution in [2.45, 2.75) is 25.3 Å². The molecule has 0 spiro atoms. The summed E-state index contributed by atoms with van der Waals surface area (Å²) in [5.74, 6) is -0.825. The van der Waals surface area contributed by atoms with Crippen molar-refractivity contribution >= 4 is 23.2 Å². The van der Waals surface area contributed by atoms with Gasteiger partial charge in [0.2, 0.25) is 5.91 Å². The summed E-state index contributed by atoms with van der Waals surface area (Å²) in [6.07, 6.45) is 2.68.